The van der Waals surface area contributed by atoms with Crippen molar-refractivity contribution in [1.82, 2.24) is 30.4 Å². The summed E-state index contributed by atoms with van der Waals surface area (Å²) < 4.78 is 0. The molecule has 0 fully saturated rings. The Labute approximate surface area is 108 Å². The molecule has 7 heteroatoms. The van der Waals surface area contributed by atoms with Crippen molar-refractivity contribution in [3.63, 3.8) is 0 Å². The van der Waals surface area contributed by atoms with E-state index < -0.39 is 0 Å². The third-order valence-electron chi connectivity index (χ3n) is 2.48. The van der Waals surface area contributed by atoms with Crippen molar-refractivity contribution < 1.29 is 0 Å². The first-order chi connectivity index (χ1) is 9.36. The summed E-state index contributed by atoms with van der Waals surface area (Å²) in [5.41, 5.74) is 1.86. The number of nitriles is 1. The molecule has 3 aromatic rings. The Balaban J connectivity index is 2.00. The number of hydrogen-bond acceptors (Lipinski definition) is 6. The molecule has 90 valence electrons. The lowest BCUT2D eigenvalue weighted by molar-refractivity contribution is 1.02. The van der Waals surface area contributed by atoms with Crippen molar-refractivity contribution in [2.24, 2.45) is 0 Å². The number of rotatable bonds is 2. The summed E-state index contributed by atoms with van der Waals surface area (Å²) in [6.07, 6.45) is 4.72. The molecule has 3 aromatic heterocycles. The second-order valence-electron chi connectivity index (χ2n) is 3.68. The fourth-order valence-corrected chi connectivity index (χ4v) is 1.58. The lowest BCUT2D eigenvalue weighted by Crippen LogP contribution is -1.86. The topological polar surface area (TPSA) is 104 Å². The molecule has 3 rings (SSSR count). The number of aromatic nitrogens is 6. The quantitative estimate of drug-likeness (QED) is 0.731. The second-order valence-corrected chi connectivity index (χ2v) is 3.68. The number of pyridine rings is 1. The summed E-state index contributed by atoms with van der Waals surface area (Å²) in [4.78, 5) is 8.26. The maximum atomic E-state index is 8.82. The molecule has 0 atom stereocenters. The number of H-pyrrole nitrogens is 1. The van der Waals surface area contributed by atoms with Crippen LogP contribution in [0.4, 0.5) is 0 Å². The first-order valence-corrected chi connectivity index (χ1v) is 5.43. The van der Waals surface area contributed by atoms with Crippen molar-refractivity contribution in [2.45, 2.75) is 0 Å². The number of hydrogen-bond donors (Lipinski definition) is 1. The van der Waals surface area contributed by atoms with Crippen LogP contribution in [0.1, 0.15) is 5.69 Å². The molecular formula is C12H7N7. The van der Waals surface area contributed by atoms with Gasteiger partial charge in [0.1, 0.15) is 11.8 Å². The standard InChI is InChI=1S/C12H7N7/c13-6-10-5-8(1-3-14-10)11-17-12(19-18-11)9-2-4-15-16-7-9/h1-5,7H,(H,17,18,19). The fraction of sp³-hybridized carbons (Fsp3) is 0. The van der Waals surface area contributed by atoms with Crippen LogP contribution in [0.2, 0.25) is 0 Å². The van der Waals surface area contributed by atoms with E-state index in [0.29, 0.717) is 17.3 Å². The van der Waals surface area contributed by atoms with Crippen molar-refractivity contribution >= 4 is 0 Å². The van der Waals surface area contributed by atoms with Gasteiger partial charge in [0.15, 0.2) is 11.6 Å². The average molecular weight is 249 g/mol. The lowest BCUT2D eigenvalue weighted by Gasteiger charge is -1.95. The minimum atomic E-state index is 0.334. The molecule has 0 unspecified atom stereocenters. The highest BCUT2D eigenvalue weighted by molar-refractivity contribution is 5.60. The van der Waals surface area contributed by atoms with Crippen LogP contribution in [0.3, 0.4) is 0 Å². The molecule has 0 aliphatic heterocycles. The molecule has 0 saturated carbocycles. The maximum Gasteiger partial charge on any atom is 0.183 e. The van der Waals surface area contributed by atoms with Crippen molar-refractivity contribution in [1.29, 1.82) is 5.26 Å². The number of nitrogens with zero attached hydrogens (tertiary/aromatic N) is 6. The summed E-state index contributed by atoms with van der Waals surface area (Å²) in [5.74, 6) is 1.10. The maximum absolute atomic E-state index is 8.82. The molecule has 0 aliphatic carbocycles. The summed E-state index contributed by atoms with van der Waals surface area (Å²) >= 11 is 0. The molecule has 7 nitrogen and oxygen atoms in total. The average Bonchev–Trinajstić information content (AvgIpc) is 2.98. The Morgan fingerprint density at radius 3 is 2.79 bits per heavy atom. The van der Waals surface area contributed by atoms with Crippen molar-refractivity contribution in [3.05, 3.63) is 42.5 Å². The van der Waals surface area contributed by atoms with E-state index >= 15 is 0 Å². The van der Waals surface area contributed by atoms with Crippen LogP contribution >= 0.6 is 0 Å². The first-order valence-electron chi connectivity index (χ1n) is 5.43. The highest BCUT2D eigenvalue weighted by Crippen LogP contribution is 2.18. The zero-order valence-electron chi connectivity index (χ0n) is 9.65. The smallest absolute Gasteiger partial charge is 0.183 e. The third-order valence-corrected chi connectivity index (χ3v) is 2.48. The van der Waals surface area contributed by atoms with Crippen LogP contribution in [-0.4, -0.2) is 30.4 Å². The molecule has 3 heterocycles. The molecule has 0 radical (unpaired) electrons. The van der Waals surface area contributed by atoms with Gasteiger partial charge >= 0.3 is 0 Å². The number of aromatic amines is 1. The molecule has 0 spiro atoms. The predicted molar refractivity (Wildman–Crippen MR) is 65.4 cm³/mol. The van der Waals surface area contributed by atoms with Crippen molar-refractivity contribution in [3.8, 4) is 28.8 Å². The second kappa shape index (κ2) is 4.62. The molecule has 0 bridgehead atoms. The molecule has 0 saturated heterocycles. The van der Waals surface area contributed by atoms with Gasteiger partial charge in [-0.05, 0) is 18.2 Å². The van der Waals surface area contributed by atoms with Gasteiger partial charge in [-0.15, -0.1) is 0 Å². The van der Waals surface area contributed by atoms with Crippen LogP contribution < -0.4 is 0 Å². The van der Waals surface area contributed by atoms with E-state index in [1.165, 1.54) is 0 Å². The predicted octanol–water partition coefficient (Wildman–Crippen LogP) is 1.20. The van der Waals surface area contributed by atoms with Gasteiger partial charge in [0.2, 0.25) is 0 Å². The van der Waals surface area contributed by atoms with E-state index in [-0.39, 0.29) is 0 Å². The van der Waals surface area contributed by atoms with Crippen LogP contribution in [0.25, 0.3) is 22.8 Å². The van der Waals surface area contributed by atoms with Gasteiger partial charge in [-0.25, -0.2) is 9.97 Å². The van der Waals surface area contributed by atoms with Crippen LogP contribution in [-0.2, 0) is 0 Å². The first kappa shape index (κ1) is 11.0. The third kappa shape index (κ3) is 2.14. The largest absolute Gasteiger partial charge is 0.259 e. The van der Waals surface area contributed by atoms with Gasteiger partial charge in [0, 0.05) is 17.3 Å². The summed E-state index contributed by atoms with van der Waals surface area (Å²) in [6.45, 7) is 0. The molecule has 0 aromatic carbocycles. The van der Waals surface area contributed by atoms with E-state index in [2.05, 4.69) is 30.4 Å². The lowest BCUT2D eigenvalue weighted by atomic mass is 10.2. The van der Waals surface area contributed by atoms with Crippen LogP contribution in [0.15, 0.2) is 36.8 Å². The van der Waals surface area contributed by atoms with Crippen LogP contribution in [0.5, 0.6) is 0 Å². The zero-order valence-corrected chi connectivity index (χ0v) is 9.65. The van der Waals surface area contributed by atoms with Crippen LogP contribution in [0, 0.1) is 11.3 Å². The zero-order chi connectivity index (χ0) is 13.1. The minimum absolute atomic E-state index is 0.334. The molecular weight excluding hydrogens is 242 g/mol. The summed E-state index contributed by atoms with van der Waals surface area (Å²) in [5, 5.41) is 23.2. The Morgan fingerprint density at radius 2 is 2.00 bits per heavy atom. The molecule has 1 N–H and O–H groups in total. The van der Waals surface area contributed by atoms with Gasteiger partial charge in [-0.1, -0.05) is 0 Å². The van der Waals surface area contributed by atoms with E-state index in [1.54, 1.807) is 36.8 Å². The van der Waals surface area contributed by atoms with E-state index in [1.807, 2.05) is 6.07 Å². The number of nitrogens with one attached hydrogen (secondary N) is 1. The molecule has 19 heavy (non-hydrogen) atoms. The van der Waals surface area contributed by atoms with Gasteiger partial charge in [0.25, 0.3) is 0 Å². The van der Waals surface area contributed by atoms with Gasteiger partial charge in [0.05, 0.1) is 12.4 Å². The van der Waals surface area contributed by atoms with Gasteiger partial charge in [-0.2, -0.15) is 20.6 Å². The highest BCUT2D eigenvalue weighted by atomic mass is 15.2. The van der Waals surface area contributed by atoms with E-state index in [9.17, 15) is 0 Å². The fourth-order valence-electron chi connectivity index (χ4n) is 1.58. The van der Waals surface area contributed by atoms with Gasteiger partial charge < -0.3 is 0 Å². The van der Waals surface area contributed by atoms with E-state index in [4.69, 9.17) is 5.26 Å². The Bertz CT molecular complexity index is 742. The van der Waals surface area contributed by atoms with Crippen molar-refractivity contribution in [2.75, 3.05) is 0 Å². The Morgan fingerprint density at radius 1 is 1.11 bits per heavy atom. The highest BCUT2D eigenvalue weighted by Gasteiger charge is 2.08. The summed E-state index contributed by atoms with van der Waals surface area (Å²) in [6, 6.07) is 7.16. The van der Waals surface area contributed by atoms with E-state index in [0.717, 1.165) is 11.1 Å². The van der Waals surface area contributed by atoms with Gasteiger partial charge in [-0.3, -0.25) is 5.10 Å². The normalized spacial score (nSPS) is 10.1. The Hall–Kier alpha value is -3.14. The SMILES string of the molecule is N#Cc1cc(-c2nc(-c3ccnnc3)n[nH]2)ccn1. The molecule has 0 aliphatic rings. The Kier molecular flexibility index (Phi) is 2.67. The minimum Gasteiger partial charge on any atom is -0.259 e. The summed E-state index contributed by atoms with van der Waals surface area (Å²) in [7, 11) is 0. The monoisotopic (exact) mass is 249 g/mol. The molecule has 0 amide bonds.